The van der Waals surface area contributed by atoms with Crippen LogP contribution in [0.3, 0.4) is 0 Å². The highest BCUT2D eigenvalue weighted by atomic mass is 32.2. The topological polar surface area (TPSA) is 71.1 Å². The fourth-order valence-electron chi connectivity index (χ4n) is 1.44. The Kier molecular flexibility index (Phi) is 5.77. The summed E-state index contributed by atoms with van der Waals surface area (Å²) in [5, 5.41) is 5.84. The number of hydrogen-bond donors (Lipinski definition) is 2. The van der Waals surface area contributed by atoms with E-state index in [2.05, 4.69) is 15.6 Å². The van der Waals surface area contributed by atoms with Crippen LogP contribution < -0.4 is 10.6 Å². The van der Waals surface area contributed by atoms with Crippen LogP contribution in [0.15, 0.2) is 18.5 Å². The number of nitrogens with zero attached hydrogens (tertiary/aromatic N) is 1. The van der Waals surface area contributed by atoms with E-state index in [0.717, 1.165) is 5.69 Å². The number of pyridine rings is 1. The number of anilines is 1. The van der Waals surface area contributed by atoms with Crippen LogP contribution >= 0.6 is 0 Å². The number of nitrogens with one attached hydrogen (secondary N) is 2. The van der Waals surface area contributed by atoms with Gasteiger partial charge in [-0.05, 0) is 12.5 Å². The summed E-state index contributed by atoms with van der Waals surface area (Å²) in [5.74, 6) is -0.165. The molecule has 0 aromatic carbocycles. The normalized spacial score (nSPS) is 13.7. The zero-order valence-electron chi connectivity index (χ0n) is 10.9. The van der Waals surface area contributed by atoms with Gasteiger partial charge in [0.05, 0.1) is 5.56 Å². The molecule has 1 aromatic rings. The number of carbonyl (C=O) groups excluding carboxylic acids is 1. The van der Waals surface area contributed by atoms with E-state index >= 15 is 0 Å². The molecule has 5 nitrogen and oxygen atoms in total. The van der Waals surface area contributed by atoms with Gasteiger partial charge in [0.15, 0.2) is 0 Å². The molecule has 0 saturated carbocycles. The highest BCUT2D eigenvalue weighted by Gasteiger charge is 2.11. The monoisotopic (exact) mass is 269 g/mol. The minimum absolute atomic E-state index is 0.0861. The van der Waals surface area contributed by atoms with Crippen molar-refractivity contribution in [3.63, 3.8) is 0 Å². The van der Waals surface area contributed by atoms with Gasteiger partial charge in [-0.25, -0.2) is 0 Å². The number of carbonyl (C=O) groups is 1. The van der Waals surface area contributed by atoms with Gasteiger partial charge in [-0.1, -0.05) is 6.92 Å². The van der Waals surface area contributed by atoms with Crippen LogP contribution in [0.25, 0.3) is 0 Å². The number of aromatic nitrogens is 1. The van der Waals surface area contributed by atoms with E-state index in [1.54, 1.807) is 25.6 Å². The average molecular weight is 269 g/mol. The molecule has 1 aromatic heterocycles. The molecule has 1 heterocycles. The van der Waals surface area contributed by atoms with Crippen molar-refractivity contribution in [2.24, 2.45) is 0 Å². The van der Waals surface area contributed by atoms with Gasteiger partial charge in [0, 0.05) is 54.0 Å². The minimum atomic E-state index is -0.852. The molecule has 2 unspecified atom stereocenters. The van der Waals surface area contributed by atoms with Gasteiger partial charge in [0.25, 0.3) is 5.91 Å². The van der Waals surface area contributed by atoms with Crippen molar-refractivity contribution in [2.75, 3.05) is 25.2 Å². The maximum Gasteiger partial charge on any atom is 0.254 e. The highest BCUT2D eigenvalue weighted by molar-refractivity contribution is 7.84. The fourth-order valence-corrected chi connectivity index (χ4v) is 1.89. The van der Waals surface area contributed by atoms with Gasteiger partial charge in [-0.2, -0.15) is 0 Å². The van der Waals surface area contributed by atoms with Crippen LogP contribution in [0.4, 0.5) is 5.69 Å². The van der Waals surface area contributed by atoms with Crippen molar-refractivity contribution >= 4 is 22.4 Å². The van der Waals surface area contributed by atoms with Crippen LogP contribution in [-0.4, -0.2) is 40.2 Å². The minimum Gasteiger partial charge on any atom is -0.387 e. The van der Waals surface area contributed by atoms with E-state index in [0.29, 0.717) is 18.5 Å². The predicted molar refractivity (Wildman–Crippen MR) is 74.3 cm³/mol. The summed E-state index contributed by atoms with van der Waals surface area (Å²) in [7, 11) is 0.907. The van der Waals surface area contributed by atoms with E-state index < -0.39 is 10.8 Å². The third-order valence-corrected chi connectivity index (χ3v) is 4.11. The van der Waals surface area contributed by atoms with Crippen molar-refractivity contribution in [1.82, 2.24) is 10.3 Å². The molecule has 0 aliphatic carbocycles. The van der Waals surface area contributed by atoms with Gasteiger partial charge in [0.2, 0.25) is 0 Å². The maximum absolute atomic E-state index is 11.9. The lowest BCUT2D eigenvalue weighted by Crippen LogP contribution is -2.28. The molecule has 18 heavy (non-hydrogen) atoms. The first-order chi connectivity index (χ1) is 8.56. The number of amides is 1. The first-order valence-electron chi connectivity index (χ1n) is 5.78. The lowest BCUT2D eigenvalue weighted by atomic mass is 10.2. The Hall–Kier alpha value is -1.43. The maximum atomic E-state index is 11.9. The van der Waals surface area contributed by atoms with Crippen molar-refractivity contribution < 1.29 is 9.00 Å². The van der Waals surface area contributed by atoms with E-state index in [1.165, 1.54) is 6.20 Å². The summed E-state index contributed by atoms with van der Waals surface area (Å²) in [5.41, 5.74) is 1.26. The standard InChI is InChI=1S/C12H19N3O2S/c1-9(18(3)17)4-7-15-12(16)10-8-14-6-5-11(10)13-2/h5-6,8-9H,4,7H2,1-3H3,(H,13,14)(H,15,16). The molecule has 1 rings (SSSR count). The molecule has 0 bridgehead atoms. The molecule has 0 aliphatic heterocycles. The van der Waals surface area contributed by atoms with E-state index in [-0.39, 0.29) is 11.2 Å². The van der Waals surface area contributed by atoms with E-state index in [4.69, 9.17) is 0 Å². The highest BCUT2D eigenvalue weighted by Crippen LogP contribution is 2.12. The van der Waals surface area contributed by atoms with Crippen molar-refractivity contribution in [2.45, 2.75) is 18.6 Å². The van der Waals surface area contributed by atoms with Crippen LogP contribution in [0.1, 0.15) is 23.7 Å². The van der Waals surface area contributed by atoms with E-state index in [9.17, 15) is 9.00 Å². The average Bonchev–Trinajstić information content (AvgIpc) is 2.38. The Labute approximate surface area is 110 Å². The summed E-state index contributed by atoms with van der Waals surface area (Å²) >= 11 is 0. The Balaban J connectivity index is 2.53. The van der Waals surface area contributed by atoms with E-state index in [1.807, 2.05) is 6.92 Å². The van der Waals surface area contributed by atoms with Crippen molar-refractivity contribution in [1.29, 1.82) is 0 Å². The SMILES string of the molecule is CNc1ccncc1C(=O)NCCC(C)S(C)=O. The van der Waals surface area contributed by atoms with Crippen LogP contribution in [0, 0.1) is 0 Å². The Morgan fingerprint density at radius 3 is 2.89 bits per heavy atom. The summed E-state index contributed by atoms with van der Waals surface area (Å²) in [6.07, 6.45) is 5.53. The smallest absolute Gasteiger partial charge is 0.254 e. The predicted octanol–water partition coefficient (Wildman–Crippen LogP) is 1.01. The lowest BCUT2D eigenvalue weighted by Gasteiger charge is -2.11. The van der Waals surface area contributed by atoms with Gasteiger partial charge in [0.1, 0.15) is 0 Å². The van der Waals surface area contributed by atoms with Gasteiger partial charge < -0.3 is 10.6 Å². The quantitative estimate of drug-likeness (QED) is 0.808. The van der Waals surface area contributed by atoms with Crippen LogP contribution in [0.5, 0.6) is 0 Å². The largest absolute Gasteiger partial charge is 0.387 e. The molecule has 0 aliphatic rings. The van der Waals surface area contributed by atoms with Gasteiger partial charge >= 0.3 is 0 Å². The summed E-state index contributed by atoms with van der Waals surface area (Å²) in [4.78, 5) is 15.8. The summed E-state index contributed by atoms with van der Waals surface area (Å²) in [6.45, 7) is 2.42. The number of hydrogen-bond acceptors (Lipinski definition) is 4. The first kappa shape index (κ1) is 14.6. The third-order valence-electron chi connectivity index (χ3n) is 2.74. The Bertz CT molecular complexity index is 437. The first-order valence-corrected chi connectivity index (χ1v) is 7.40. The molecule has 0 saturated heterocycles. The molecule has 0 fully saturated rings. The molecule has 0 radical (unpaired) electrons. The second-order valence-corrected chi connectivity index (χ2v) is 5.83. The summed E-state index contributed by atoms with van der Waals surface area (Å²) in [6, 6.07) is 1.75. The Morgan fingerprint density at radius 2 is 2.28 bits per heavy atom. The summed E-state index contributed by atoms with van der Waals surface area (Å²) < 4.78 is 11.2. The molecule has 2 N–H and O–H groups in total. The Morgan fingerprint density at radius 1 is 1.56 bits per heavy atom. The fraction of sp³-hybridized carbons (Fsp3) is 0.500. The van der Waals surface area contributed by atoms with Gasteiger partial charge in [-0.3, -0.25) is 14.0 Å². The zero-order chi connectivity index (χ0) is 13.5. The van der Waals surface area contributed by atoms with Crippen molar-refractivity contribution in [3.05, 3.63) is 24.0 Å². The second-order valence-electron chi connectivity index (χ2n) is 4.03. The molecule has 0 spiro atoms. The molecule has 1 amide bonds. The second kappa shape index (κ2) is 7.10. The molecular weight excluding hydrogens is 250 g/mol. The zero-order valence-corrected chi connectivity index (χ0v) is 11.7. The molecular formula is C12H19N3O2S. The third kappa shape index (κ3) is 4.10. The molecule has 100 valence electrons. The lowest BCUT2D eigenvalue weighted by molar-refractivity contribution is 0.0953. The van der Waals surface area contributed by atoms with Crippen LogP contribution in [0.2, 0.25) is 0 Å². The number of rotatable bonds is 6. The van der Waals surface area contributed by atoms with Crippen molar-refractivity contribution in [3.8, 4) is 0 Å². The van der Waals surface area contributed by atoms with Crippen LogP contribution in [-0.2, 0) is 10.8 Å². The molecule has 6 heteroatoms. The molecule has 2 atom stereocenters. The van der Waals surface area contributed by atoms with Gasteiger partial charge in [-0.15, -0.1) is 0 Å².